The summed E-state index contributed by atoms with van der Waals surface area (Å²) in [5.74, 6) is 0. The Kier molecular flexibility index (Phi) is 7.04. The fourth-order valence-electron chi connectivity index (χ4n) is 3.11. The van der Waals surface area contributed by atoms with E-state index >= 15 is 0 Å². The summed E-state index contributed by atoms with van der Waals surface area (Å²) < 4.78 is 39.1. The summed E-state index contributed by atoms with van der Waals surface area (Å²) in [5.41, 5.74) is 4.63. The highest BCUT2D eigenvalue weighted by atomic mass is 19.4. The molecule has 0 aliphatic heterocycles. The van der Waals surface area contributed by atoms with Crippen LogP contribution in [0.2, 0.25) is 0 Å². The van der Waals surface area contributed by atoms with Gasteiger partial charge in [-0.2, -0.15) is 13.2 Å². The van der Waals surface area contributed by atoms with Gasteiger partial charge in [0, 0.05) is 6.54 Å². The first-order valence-electron chi connectivity index (χ1n) is 8.95. The van der Waals surface area contributed by atoms with Gasteiger partial charge in [-0.05, 0) is 66.8 Å². The van der Waals surface area contributed by atoms with Gasteiger partial charge in [-0.25, -0.2) is 0 Å². The van der Waals surface area contributed by atoms with E-state index in [9.17, 15) is 13.2 Å². The SMILES string of the molecule is CCCc1cc(C(F)(F)F)ccc1Cc1ccccc1/C(C)=C\CNC. The average Bonchev–Trinajstić information content (AvgIpc) is 2.61. The minimum absolute atomic E-state index is 0.567. The fraction of sp³-hybridized carbons (Fsp3) is 0.364. The van der Waals surface area contributed by atoms with E-state index in [4.69, 9.17) is 0 Å². The van der Waals surface area contributed by atoms with E-state index < -0.39 is 11.7 Å². The van der Waals surface area contributed by atoms with E-state index in [1.165, 1.54) is 17.7 Å². The van der Waals surface area contributed by atoms with E-state index in [2.05, 4.69) is 30.4 Å². The molecule has 26 heavy (non-hydrogen) atoms. The molecule has 2 aromatic rings. The second-order valence-electron chi connectivity index (χ2n) is 6.51. The number of allylic oxidation sites excluding steroid dienone is 1. The molecule has 0 bridgehead atoms. The van der Waals surface area contributed by atoms with Gasteiger partial charge in [-0.3, -0.25) is 0 Å². The summed E-state index contributed by atoms with van der Waals surface area (Å²) in [4.78, 5) is 0. The number of hydrogen-bond donors (Lipinski definition) is 1. The quantitative estimate of drug-likeness (QED) is 0.650. The normalized spacial score (nSPS) is 12.5. The van der Waals surface area contributed by atoms with Crippen molar-refractivity contribution in [2.45, 2.75) is 39.3 Å². The second kappa shape index (κ2) is 9.04. The number of aryl methyl sites for hydroxylation is 1. The van der Waals surface area contributed by atoms with Crippen molar-refractivity contribution in [1.82, 2.24) is 5.32 Å². The molecule has 0 atom stereocenters. The van der Waals surface area contributed by atoms with Crippen LogP contribution in [0.25, 0.3) is 5.57 Å². The topological polar surface area (TPSA) is 12.0 Å². The molecule has 0 heterocycles. The zero-order valence-electron chi connectivity index (χ0n) is 15.6. The van der Waals surface area contributed by atoms with Crippen LogP contribution in [0.5, 0.6) is 0 Å². The molecule has 0 saturated carbocycles. The Bertz CT molecular complexity index is 760. The smallest absolute Gasteiger partial charge is 0.316 e. The van der Waals surface area contributed by atoms with Crippen LogP contribution in [-0.2, 0) is 19.0 Å². The first-order chi connectivity index (χ1) is 12.4. The van der Waals surface area contributed by atoms with Crippen molar-refractivity contribution in [3.63, 3.8) is 0 Å². The minimum Gasteiger partial charge on any atom is -0.316 e. The Hall–Kier alpha value is -2.07. The number of benzene rings is 2. The highest BCUT2D eigenvalue weighted by Crippen LogP contribution is 2.32. The third-order valence-electron chi connectivity index (χ3n) is 4.49. The molecule has 1 nitrogen and oxygen atoms in total. The van der Waals surface area contributed by atoms with Crippen molar-refractivity contribution in [3.8, 4) is 0 Å². The van der Waals surface area contributed by atoms with Crippen LogP contribution in [-0.4, -0.2) is 13.6 Å². The van der Waals surface area contributed by atoms with Gasteiger partial charge in [-0.15, -0.1) is 0 Å². The van der Waals surface area contributed by atoms with Crippen molar-refractivity contribution < 1.29 is 13.2 Å². The molecule has 4 heteroatoms. The zero-order chi connectivity index (χ0) is 19.2. The van der Waals surface area contributed by atoms with Crippen molar-refractivity contribution >= 4 is 5.57 Å². The largest absolute Gasteiger partial charge is 0.416 e. The first kappa shape index (κ1) is 20.2. The first-order valence-corrected chi connectivity index (χ1v) is 8.95. The molecule has 0 aliphatic rings. The standard InChI is InChI=1S/C22H26F3N/c1-4-7-17-15-20(22(23,24)25)11-10-18(17)14-19-8-5-6-9-21(19)16(2)12-13-26-3/h5-6,8-12,15,26H,4,7,13-14H2,1-3H3/b16-12-. The molecule has 0 unspecified atom stereocenters. The summed E-state index contributed by atoms with van der Waals surface area (Å²) in [6.45, 7) is 4.83. The van der Waals surface area contributed by atoms with Gasteiger partial charge in [0.2, 0.25) is 0 Å². The predicted octanol–water partition coefficient (Wildman–Crippen LogP) is 5.87. The van der Waals surface area contributed by atoms with E-state index in [-0.39, 0.29) is 0 Å². The lowest BCUT2D eigenvalue weighted by atomic mass is 9.91. The maximum Gasteiger partial charge on any atom is 0.416 e. The van der Waals surface area contributed by atoms with Crippen LogP contribution in [0.4, 0.5) is 13.2 Å². The molecule has 0 aromatic heterocycles. The van der Waals surface area contributed by atoms with Crippen molar-refractivity contribution in [1.29, 1.82) is 0 Å². The third-order valence-corrected chi connectivity index (χ3v) is 4.49. The molecule has 1 N–H and O–H groups in total. The van der Waals surface area contributed by atoms with Crippen molar-refractivity contribution in [3.05, 3.63) is 76.4 Å². The number of rotatable bonds is 7. The highest BCUT2D eigenvalue weighted by Gasteiger charge is 2.30. The second-order valence-corrected chi connectivity index (χ2v) is 6.51. The maximum absolute atomic E-state index is 13.0. The summed E-state index contributed by atoms with van der Waals surface area (Å²) in [5, 5.41) is 3.10. The lowest BCUT2D eigenvalue weighted by molar-refractivity contribution is -0.137. The number of alkyl halides is 3. The van der Waals surface area contributed by atoms with Crippen molar-refractivity contribution in [2.75, 3.05) is 13.6 Å². The zero-order valence-corrected chi connectivity index (χ0v) is 15.6. The number of hydrogen-bond acceptors (Lipinski definition) is 1. The number of halogens is 3. The highest BCUT2D eigenvalue weighted by molar-refractivity contribution is 5.67. The van der Waals surface area contributed by atoms with E-state index in [0.717, 1.165) is 35.2 Å². The third kappa shape index (κ3) is 5.21. The Balaban J connectivity index is 2.39. The van der Waals surface area contributed by atoms with Gasteiger partial charge in [0.1, 0.15) is 0 Å². The molecule has 0 amide bonds. The van der Waals surface area contributed by atoms with Gasteiger partial charge < -0.3 is 5.32 Å². The summed E-state index contributed by atoms with van der Waals surface area (Å²) in [6, 6.07) is 12.2. The average molecular weight is 361 g/mol. The number of likely N-dealkylation sites (N-methyl/N-ethyl adjacent to an activating group) is 1. The van der Waals surface area contributed by atoms with E-state index in [0.29, 0.717) is 12.8 Å². The fourth-order valence-corrected chi connectivity index (χ4v) is 3.11. The van der Waals surface area contributed by atoms with Crippen LogP contribution < -0.4 is 5.32 Å². The molecule has 140 valence electrons. The molecule has 0 saturated heterocycles. The van der Waals surface area contributed by atoms with Crippen LogP contribution in [0, 0.1) is 0 Å². The Morgan fingerprint density at radius 2 is 1.77 bits per heavy atom. The van der Waals surface area contributed by atoms with Gasteiger partial charge in [-0.1, -0.05) is 49.8 Å². The summed E-state index contributed by atoms with van der Waals surface area (Å²) in [6.07, 6.45) is -0.0780. The molecule has 2 aromatic carbocycles. The molecule has 0 radical (unpaired) electrons. The Morgan fingerprint density at radius 1 is 1.04 bits per heavy atom. The van der Waals surface area contributed by atoms with Crippen molar-refractivity contribution in [2.24, 2.45) is 0 Å². The van der Waals surface area contributed by atoms with Crippen LogP contribution in [0.1, 0.15) is 48.1 Å². The lowest BCUT2D eigenvalue weighted by Crippen LogP contribution is -2.08. The van der Waals surface area contributed by atoms with E-state index in [1.807, 2.05) is 26.1 Å². The predicted molar refractivity (Wildman–Crippen MR) is 102 cm³/mol. The Morgan fingerprint density at radius 3 is 2.42 bits per heavy atom. The molecular weight excluding hydrogens is 335 g/mol. The lowest BCUT2D eigenvalue weighted by Gasteiger charge is -2.16. The summed E-state index contributed by atoms with van der Waals surface area (Å²) >= 11 is 0. The Labute approximate surface area is 153 Å². The molecule has 2 rings (SSSR count). The van der Waals surface area contributed by atoms with E-state index in [1.54, 1.807) is 6.07 Å². The monoisotopic (exact) mass is 361 g/mol. The van der Waals surface area contributed by atoms with Gasteiger partial charge in [0.15, 0.2) is 0 Å². The van der Waals surface area contributed by atoms with Gasteiger partial charge >= 0.3 is 6.18 Å². The molecule has 0 spiro atoms. The van der Waals surface area contributed by atoms with Crippen LogP contribution >= 0.6 is 0 Å². The molecule has 0 aliphatic carbocycles. The van der Waals surface area contributed by atoms with Crippen LogP contribution in [0.15, 0.2) is 48.5 Å². The summed E-state index contributed by atoms with van der Waals surface area (Å²) in [7, 11) is 1.90. The van der Waals surface area contributed by atoms with Gasteiger partial charge in [0.05, 0.1) is 5.56 Å². The number of nitrogens with one attached hydrogen (secondary N) is 1. The van der Waals surface area contributed by atoms with Gasteiger partial charge in [0.25, 0.3) is 0 Å². The minimum atomic E-state index is -4.30. The molecular formula is C22H26F3N. The maximum atomic E-state index is 13.0. The molecule has 0 fully saturated rings. The van der Waals surface area contributed by atoms with Crippen LogP contribution in [0.3, 0.4) is 0 Å².